The van der Waals surface area contributed by atoms with Crippen molar-refractivity contribution >= 4 is 5.91 Å². The van der Waals surface area contributed by atoms with Crippen LogP contribution in [0.2, 0.25) is 0 Å². The SMILES string of the molecule is CC(CC(O)c1ccccc1)NC(=O)c1ccc[nH]1. The van der Waals surface area contributed by atoms with Crippen LogP contribution in [0.1, 0.15) is 35.5 Å². The van der Waals surface area contributed by atoms with Gasteiger partial charge in [-0.3, -0.25) is 4.79 Å². The average molecular weight is 258 g/mol. The van der Waals surface area contributed by atoms with Crippen molar-refractivity contribution in [3.05, 3.63) is 59.9 Å². The van der Waals surface area contributed by atoms with Crippen molar-refractivity contribution < 1.29 is 9.90 Å². The largest absolute Gasteiger partial charge is 0.388 e. The van der Waals surface area contributed by atoms with Gasteiger partial charge < -0.3 is 15.4 Å². The molecule has 0 saturated carbocycles. The van der Waals surface area contributed by atoms with Crippen LogP contribution < -0.4 is 5.32 Å². The highest BCUT2D eigenvalue weighted by Crippen LogP contribution is 2.17. The molecule has 2 atom stereocenters. The quantitative estimate of drug-likeness (QED) is 0.770. The number of hydrogen-bond acceptors (Lipinski definition) is 2. The van der Waals surface area contributed by atoms with Crippen LogP contribution in [-0.4, -0.2) is 22.0 Å². The molecular weight excluding hydrogens is 240 g/mol. The van der Waals surface area contributed by atoms with Crippen molar-refractivity contribution in [1.29, 1.82) is 0 Å². The number of H-pyrrole nitrogens is 1. The first-order valence-corrected chi connectivity index (χ1v) is 6.34. The smallest absolute Gasteiger partial charge is 0.267 e. The molecule has 2 rings (SSSR count). The lowest BCUT2D eigenvalue weighted by Gasteiger charge is -2.17. The van der Waals surface area contributed by atoms with Gasteiger partial charge in [0.2, 0.25) is 0 Å². The maximum Gasteiger partial charge on any atom is 0.267 e. The number of hydrogen-bond donors (Lipinski definition) is 3. The summed E-state index contributed by atoms with van der Waals surface area (Å²) in [6.45, 7) is 1.88. The predicted molar refractivity (Wildman–Crippen MR) is 73.7 cm³/mol. The van der Waals surface area contributed by atoms with Crippen molar-refractivity contribution in [3.8, 4) is 0 Å². The van der Waals surface area contributed by atoms with Crippen molar-refractivity contribution in [3.63, 3.8) is 0 Å². The topological polar surface area (TPSA) is 65.1 Å². The van der Waals surface area contributed by atoms with Crippen LogP contribution in [0.3, 0.4) is 0 Å². The second kappa shape index (κ2) is 6.20. The number of aromatic amines is 1. The van der Waals surface area contributed by atoms with Crippen LogP contribution in [-0.2, 0) is 0 Å². The van der Waals surface area contributed by atoms with Crippen LogP contribution in [0.4, 0.5) is 0 Å². The highest BCUT2D eigenvalue weighted by molar-refractivity contribution is 5.92. The Morgan fingerprint density at radius 3 is 2.63 bits per heavy atom. The van der Waals surface area contributed by atoms with E-state index in [1.807, 2.05) is 37.3 Å². The lowest BCUT2D eigenvalue weighted by molar-refractivity contribution is 0.0912. The molecular formula is C15H18N2O2. The lowest BCUT2D eigenvalue weighted by atomic mass is 10.0. The monoisotopic (exact) mass is 258 g/mol. The summed E-state index contributed by atoms with van der Waals surface area (Å²) >= 11 is 0. The summed E-state index contributed by atoms with van der Waals surface area (Å²) in [6.07, 6.45) is 1.62. The van der Waals surface area contributed by atoms with E-state index in [4.69, 9.17) is 0 Å². The Hall–Kier alpha value is -2.07. The summed E-state index contributed by atoms with van der Waals surface area (Å²) in [6, 6.07) is 12.8. The third kappa shape index (κ3) is 3.69. The maximum absolute atomic E-state index is 11.8. The van der Waals surface area contributed by atoms with Gasteiger partial charge in [0, 0.05) is 12.2 Å². The molecule has 0 aliphatic heterocycles. The molecule has 4 heteroatoms. The Morgan fingerprint density at radius 1 is 1.26 bits per heavy atom. The minimum Gasteiger partial charge on any atom is -0.388 e. The number of rotatable bonds is 5. The zero-order valence-electron chi connectivity index (χ0n) is 10.8. The number of nitrogens with one attached hydrogen (secondary N) is 2. The lowest BCUT2D eigenvalue weighted by Crippen LogP contribution is -2.33. The van der Waals surface area contributed by atoms with Gasteiger partial charge in [-0.2, -0.15) is 0 Å². The average Bonchev–Trinajstić information content (AvgIpc) is 2.93. The van der Waals surface area contributed by atoms with Gasteiger partial charge in [-0.15, -0.1) is 0 Å². The molecule has 3 N–H and O–H groups in total. The summed E-state index contributed by atoms with van der Waals surface area (Å²) in [5.41, 5.74) is 1.39. The molecule has 0 aliphatic carbocycles. The van der Waals surface area contributed by atoms with Gasteiger partial charge in [0.05, 0.1) is 6.10 Å². The molecule has 0 fully saturated rings. The number of carbonyl (C=O) groups excluding carboxylic acids is 1. The molecule has 19 heavy (non-hydrogen) atoms. The van der Waals surface area contributed by atoms with Crippen molar-refractivity contribution in [2.24, 2.45) is 0 Å². The van der Waals surface area contributed by atoms with Crippen molar-refractivity contribution in [2.75, 3.05) is 0 Å². The fraction of sp³-hybridized carbons (Fsp3) is 0.267. The number of aliphatic hydroxyl groups excluding tert-OH is 1. The molecule has 1 aromatic carbocycles. The van der Waals surface area contributed by atoms with E-state index in [-0.39, 0.29) is 11.9 Å². The van der Waals surface area contributed by atoms with E-state index in [1.165, 1.54) is 0 Å². The van der Waals surface area contributed by atoms with E-state index >= 15 is 0 Å². The summed E-state index contributed by atoms with van der Waals surface area (Å²) in [5.74, 6) is -0.155. The maximum atomic E-state index is 11.8. The Bertz CT molecular complexity index is 508. The van der Waals surface area contributed by atoms with Gasteiger partial charge in [0.15, 0.2) is 0 Å². The highest BCUT2D eigenvalue weighted by atomic mass is 16.3. The standard InChI is InChI=1S/C15H18N2O2/c1-11(17-15(19)13-8-5-9-16-13)10-14(18)12-6-3-2-4-7-12/h2-9,11,14,16,18H,10H2,1H3,(H,17,19). The fourth-order valence-electron chi connectivity index (χ4n) is 1.98. The fourth-order valence-corrected chi connectivity index (χ4v) is 1.98. The molecule has 0 radical (unpaired) electrons. The predicted octanol–water partition coefficient (Wildman–Crippen LogP) is 2.26. The van der Waals surface area contributed by atoms with Crippen LogP contribution >= 0.6 is 0 Å². The van der Waals surface area contributed by atoms with Gasteiger partial charge in [-0.05, 0) is 31.0 Å². The van der Waals surface area contributed by atoms with E-state index in [1.54, 1.807) is 18.3 Å². The molecule has 0 aliphatic rings. The van der Waals surface area contributed by atoms with Gasteiger partial charge >= 0.3 is 0 Å². The molecule has 4 nitrogen and oxygen atoms in total. The molecule has 0 spiro atoms. The Labute approximate surface area is 112 Å². The van der Waals surface area contributed by atoms with Crippen LogP contribution in [0.15, 0.2) is 48.7 Å². The molecule has 0 bridgehead atoms. The summed E-state index contributed by atoms with van der Waals surface area (Å²) in [5, 5.41) is 12.9. The van der Waals surface area contributed by atoms with E-state index in [2.05, 4.69) is 10.3 Å². The minimum atomic E-state index is -0.569. The summed E-state index contributed by atoms with van der Waals surface area (Å²) in [4.78, 5) is 14.7. The molecule has 0 saturated heterocycles. The van der Waals surface area contributed by atoms with Gasteiger partial charge in [0.25, 0.3) is 5.91 Å². The van der Waals surface area contributed by atoms with Crippen LogP contribution in [0.5, 0.6) is 0 Å². The first kappa shape index (κ1) is 13.4. The van der Waals surface area contributed by atoms with Crippen molar-refractivity contribution in [2.45, 2.75) is 25.5 Å². The van der Waals surface area contributed by atoms with Crippen molar-refractivity contribution in [1.82, 2.24) is 10.3 Å². The van der Waals surface area contributed by atoms with E-state index in [0.29, 0.717) is 12.1 Å². The number of amides is 1. The number of aliphatic hydroxyl groups is 1. The number of benzene rings is 1. The van der Waals surface area contributed by atoms with Gasteiger partial charge in [0.1, 0.15) is 5.69 Å². The minimum absolute atomic E-state index is 0.106. The first-order chi connectivity index (χ1) is 9.16. The van der Waals surface area contributed by atoms with E-state index in [0.717, 1.165) is 5.56 Å². The summed E-state index contributed by atoms with van der Waals surface area (Å²) in [7, 11) is 0. The van der Waals surface area contributed by atoms with Gasteiger partial charge in [-0.25, -0.2) is 0 Å². The summed E-state index contributed by atoms with van der Waals surface area (Å²) < 4.78 is 0. The van der Waals surface area contributed by atoms with Gasteiger partial charge in [-0.1, -0.05) is 30.3 Å². The molecule has 1 amide bonds. The first-order valence-electron chi connectivity index (χ1n) is 6.34. The Balaban J connectivity index is 1.88. The molecule has 2 unspecified atom stereocenters. The molecule has 1 heterocycles. The zero-order valence-corrected chi connectivity index (χ0v) is 10.8. The van der Waals surface area contributed by atoms with E-state index < -0.39 is 6.10 Å². The second-order valence-corrected chi connectivity index (χ2v) is 4.62. The number of carbonyl (C=O) groups is 1. The third-order valence-electron chi connectivity index (χ3n) is 2.98. The van der Waals surface area contributed by atoms with Crippen LogP contribution in [0.25, 0.3) is 0 Å². The van der Waals surface area contributed by atoms with E-state index in [9.17, 15) is 9.90 Å². The Morgan fingerprint density at radius 2 is 2.00 bits per heavy atom. The normalized spacial score (nSPS) is 13.8. The second-order valence-electron chi connectivity index (χ2n) is 4.62. The third-order valence-corrected chi connectivity index (χ3v) is 2.98. The molecule has 1 aromatic heterocycles. The van der Waals surface area contributed by atoms with Crippen LogP contribution in [0, 0.1) is 0 Å². The Kier molecular flexibility index (Phi) is 4.36. The highest BCUT2D eigenvalue weighted by Gasteiger charge is 2.15. The zero-order chi connectivity index (χ0) is 13.7. The molecule has 2 aromatic rings. The molecule has 100 valence electrons. The number of aromatic nitrogens is 1.